The first-order chi connectivity index (χ1) is 14.2. The number of aromatic nitrogens is 3. The molecule has 146 valence electrons. The number of ether oxygens (including phenoxy) is 1. The normalized spacial score (nSPS) is 16.3. The van der Waals surface area contributed by atoms with E-state index in [1.54, 1.807) is 34.9 Å². The fourth-order valence-electron chi connectivity index (χ4n) is 3.60. The van der Waals surface area contributed by atoms with Gasteiger partial charge in [0.1, 0.15) is 11.6 Å². The van der Waals surface area contributed by atoms with Gasteiger partial charge >= 0.3 is 0 Å². The number of rotatable bonds is 3. The fourth-order valence-corrected chi connectivity index (χ4v) is 5.74. The van der Waals surface area contributed by atoms with Gasteiger partial charge in [0, 0.05) is 11.1 Å². The Morgan fingerprint density at radius 1 is 1.17 bits per heavy atom. The number of thiazole rings is 1. The number of benzene rings is 2. The van der Waals surface area contributed by atoms with Gasteiger partial charge in [0.15, 0.2) is 0 Å². The summed E-state index contributed by atoms with van der Waals surface area (Å²) in [7, 11) is 1.67. The molecule has 1 amide bonds. The van der Waals surface area contributed by atoms with Crippen LogP contribution in [0.1, 0.15) is 22.1 Å². The maximum Gasteiger partial charge on any atom is 0.235 e. The van der Waals surface area contributed by atoms with E-state index in [-0.39, 0.29) is 11.2 Å². The van der Waals surface area contributed by atoms with Crippen molar-refractivity contribution in [3.8, 4) is 10.9 Å². The molecule has 1 aliphatic rings. The lowest BCUT2D eigenvalue weighted by Crippen LogP contribution is -2.15. The largest absolute Gasteiger partial charge is 0.496 e. The lowest BCUT2D eigenvalue weighted by Gasteiger charge is -2.18. The van der Waals surface area contributed by atoms with Crippen LogP contribution in [0.4, 0.5) is 5.82 Å². The van der Waals surface area contributed by atoms with E-state index >= 15 is 0 Å². The molecule has 29 heavy (non-hydrogen) atoms. The Morgan fingerprint density at radius 3 is 2.79 bits per heavy atom. The number of carbonyl (C=O) groups is 1. The number of anilines is 1. The minimum Gasteiger partial charge on any atom is -0.496 e. The molecule has 2 aromatic carbocycles. The third-order valence-corrected chi connectivity index (χ3v) is 7.16. The van der Waals surface area contributed by atoms with E-state index in [1.807, 2.05) is 55.5 Å². The van der Waals surface area contributed by atoms with Gasteiger partial charge in [-0.3, -0.25) is 4.79 Å². The zero-order valence-electron chi connectivity index (χ0n) is 15.9. The molecule has 0 saturated heterocycles. The smallest absolute Gasteiger partial charge is 0.235 e. The maximum atomic E-state index is 12.5. The van der Waals surface area contributed by atoms with Crippen LogP contribution in [0.3, 0.4) is 0 Å². The molecule has 0 fully saturated rings. The van der Waals surface area contributed by atoms with E-state index in [1.165, 1.54) is 0 Å². The molecule has 0 aliphatic carbocycles. The molecule has 3 heterocycles. The van der Waals surface area contributed by atoms with Crippen molar-refractivity contribution in [3.63, 3.8) is 0 Å². The first-order valence-corrected chi connectivity index (χ1v) is 11.0. The topological polar surface area (TPSA) is 69.0 Å². The number of para-hydroxylation sites is 2. The molecule has 1 atom stereocenters. The SMILES string of the molecule is COc1ccccc1[C@H]1SCC(=O)Nc2c1c(C)nn2-c1nc2ccccc2s1. The molecule has 0 unspecified atom stereocenters. The van der Waals surface area contributed by atoms with Gasteiger partial charge in [0.2, 0.25) is 11.0 Å². The summed E-state index contributed by atoms with van der Waals surface area (Å²) in [5, 5.41) is 8.49. The number of methoxy groups -OCH3 is 1. The monoisotopic (exact) mass is 422 g/mol. The van der Waals surface area contributed by atoms with Crippen LogP contribution in [0, 0.1) is 6.92 Å². The van der Waals surface area contributed by atoms with Gasteiger partial charge in [-0.1, -0.05) is 41.7 Å². The molecule has 8 heteroatoms. The number of carbonyl (C=O) groups excluding carboxylic acids is 1. The summed E-state index contributed by atoms with van der Waals surface area (Å²) in [6.07, 6.45) is 0. The Bertz CT molecular complexity index is 1200. The second-order valence-corrected chi connectivity index (χ2v) is 8.81. The summed E-state index contributed by atoms with van der Waals surface area (Å²) in [6, 6.07) is 15.9. The molecule has 5 rings (SSSR count). The highest BCUT2D eigenvalue weighted by atomic mass is 32.2. The zero-order chi connectivity index (χ0) is 20.0. The molecule has 2 aromatic heterocycles. The molecule has 1 aliphatic heterocycles. The Balaban J connectivity index is 1.71. The van der Waals surface area contributed by atoms with Gasteiger partial charge < -0.3 is 10.1 Å². The predicted octanol–water partition coefficient (Wildman–Crippen LogP) is 4.57. The van der Waals surface area contributed by atoms with Crippen LogP contribution in [0.25, 0.3) is 15.3 Å². The van der Waals surface area contributed by atoms with Crippen molar-refractivity contribution in [3.05, 3.63) is 65.4 Å². The average Bonchev–Trinajstić information content (AvgIpc) is 3.24. The number of amides is 1. The summed E-state index contributed by atoms with van der Waals surface area (Å²) in [4.78, 5) is 17.2. The Morgan fingerprint density at radius 2 is 1.97 bits per heavy atom. The van der Waals surface area contributed by atoms with Crippen LogP contribution >= 0.6 is 23.1 Å². The Labute approximate surface area is 175 Å². The summed E-state index contributed by atoms with van der Waals surface area (Å²) in [6.45, 7) is 1.98. The van der Waals surface area contributed by atoms with E-state index in [0.29, 0.717) is 11.6 Å². The van der Waals surface area contributed by atoms with E-state index in [0.717, 1.165) is 37.9 Å². The van der Waals surface area contributed by atoms with Crippen molar-refractivity contribution in [1.29, 1.82) is 0 Å². The number of fused-ring (bicyclic) bond motifs is 2. The van der Waals surface area contributed by atoms with Gasteiger partial charge in [0.25, 0.3) is 0 Å². The lowest BCUT2D eigenvalue weighted by molar-refractivity contribution is -0.113. The summed E-state index contributed by atoms with van der Waals surface area (Å²) in [5.74, 6) is 1.80. The number of aryl methyl sites for hydroxylation is 1. The Hall–Kier alpha value is -2.84. The van der Waals surface area contributed by atoms with E-state index in [9.17, 15) is 4.79 Å². The number of hydrogen-bond acceptors (Lipinski definition) is 6. The van der Waals surface area contributed by atoms with Crippen LogP contribution in [-0.4, -0.2) is 33.5 Å². The fraction of sp³-hybridized carbons (Fsp3) is 0.190. The molecule has 6 nitrogen and oxygen atoms in total. The second-order valence-electron chi connectivity index (χ2n) is 6.70. The van der Waals surface area contributed by atoms with E-state index in [2.05, 4.69) is 5.32 Å². The first kappa shape index (κ1) is 18.2. The number of nitrogens with zero attached hydrogens (tertiary/aromatic N) is 3. The van der Waals surface area contributed by atoms with Crippen LogP contribution in [0.2, 0.25) is 0 Å². The summed E-state index contributed by atoms with van der Waals surface area (Å²) < 4.78 is 8.45. The minimum absolute atomic E-state index is 0.0455. The van der Waals surface area contributed by atoms with Crippen LogP contribution in [-0.2, 0) is 4.79 Å². The van der Waals surface area contributed by atoms with Crippen molar-refractivity contribution in [1.82, 2.24) is 14.8 Å². The highest BCUT2D eigenvalue weighted by molar-refractivity contribution is 8.00. The van der Waals surface area contributed by atoms with E-state index < -0.39 is 0 Å². The standard InChI is InChI=1S/C21H18N4O2S2/c1-12-18-19(13-7-3-5-9-15(13)27-2)28-11-17(26)23-20(18)25(24-12)21-22-14-8-4-6-10-16(14)29-21/h3-10,19H,11H2,1-2H3,(H,23,26)/t19-/m1/s1. The van der Waals surface area contributed by atoms with Gasteiger partial charge in [0.05, 0.1) is 34.0 Å². The number of hydrogen-bond donors (Lipinski definition) is 1. The van der Waals surface area contributed by atoms with Crippen molar-refractivity contribution >= 4 is 45.0 Å². The van der Waals surface area contributed by atoms with Crippen LogP contribution < -0.4 is 10.1 Å². The lowest BCUT2D eigenvalue weighted by atomic mass is 10.0. The highest BCUT2D eigenvalue weighted by Crippen LogP contribution is 2.46. The zero-order valence-corrected chi connectivity index (χ0v) is 17.5. The average molecular weight is 423 g/mol. The molecule has 0 bridgehead atoms. The van der Waals surface area contributed by atoms with Crippen LogP contribution in [0.5, 0.6) is 5.75 Å². The quantitative estimate of drug-likeness (QED) is 0.524. The van der Waals surface area contributed by atoms with Crippen molar-refractivity contribution in [2.45, 2.75) is 12.2 Å². The minimum atomic E-state index is -0.0665. The molecular formula is C21H18N4O2S2. The van der Waals surface area contributed by atoms with Crippen LogP contribution in [0.15, 0.2) is 48.5 Å². The first-order valence-electron chi connectivity index (χ1n) is 9.15. The van der Waals surface area contributed by atoms with Crippen molar-refractivity contribution in [2.24, 2.45) is 0 Å². The second kappa shape index (κ2) is 7.20. The van der Waals surface area contributed by atoms with Gasteiger partial charge in [-0.05, 0) is 25.1 Å². The number of thioether (sulfide) groups is 1. The third-order valence-electron chi connectivity index (χ3n) is 4.89. The van der Waals surface area contributed by atoms with Gasteiger partial charge in [-0.25, -0.2) is 4.98 Å². The Kier molecular flexibility index (Phi) is 4.52. The molecule has 1 N–H and O–H groups in total. The summed E-state index contributed by atoms with van der Waals surface area (Å²) in [5.41, 5.74) is 3.81. The molecule has 4 aromatic rings. The van der Waals surface area contributed by atoms with Crippen molar-refractivity contribution < 1.29 is 9.53 Å². The third kappa shape index (κ3) is 3.08. The number of nitrogens with one attached hydrogen (secondary N) is 1. The molecular weight excluding hydrogens is 404 g/mol. The molecule has 0 saturated carbocycles. The molecule has 0 radical (unpaired) electrons. The molecule has 0 spiro atoms. The maximum absolute atomic E-state index is 12.5. The highest BCUT2D eigenvalue weighted by Gasteiger charge is 2.32. The van der Waals surface area contributed by atoms with E-state index in [4.69, 9.17) is 14.8 Å². The van der Waals surface area contributed by atoms with Crippen molar-refractivity contribution in [2.75, 3.05) is 18.2 Å². The van der Waals surface area contributed by atoms with Gasteiger partial charge in [-0.2, -0.15) is 9.78 Å². The summed E-state index contributed by atoms with van der Waals surface area (Å²) >= 11 is 3.14. The van der Waals surface area contributed by atoms with Gasteiger partial charge in [-0.15, -0.1) is 11.8 Å². The predicted molar refractivity (Wildman–Crippen MR) is 117 cm³/mol.